The topological polar surface area (TPSA) is 55.1 Å². The maximum Gasteiger partial charge on any atom is 0.293 e. The van der Waals surface area contributed by atoms with E-state index in [9.17, 15) is 13.6 Å². The normalized spacial score (nSPS) is 10.4. The molecule has 1 amide bonds. The highest BCUT2D eigenvalue weighted by atomic mass is 19.2. The number of hydrogen-bond acceptors (Lipinski definition) is 3. The first-order chi connectivity index (χ1) is 8.47. The number of aryl methyl sites for hydroxylation is 2. The number of anilines is 1. The molecule has 0 atom stereocenters. The van der Waals surface area contributed by atoms with E-state index in [0.717, 1.165) is 12.1 Å². The monoisotopic (exact) mass is 252 g/mol. The van der Waals surface area contributed by atoms with Gasteiger partial charge in [0.1, 0.15) is 0 Å². The van der Waals surface area contributed by atoms with Crippen LogP contribution in [-0.2, 0) is 0 Å². The van der Waals surface area contributed by atoms with Crippen molar-refractivity contribution >= 4 is 11.6 Å². The summed E-state index contributed by atoms with van der Waals surface area (Å²) >= 11 is 0. The second-order valence-electron chi connectivity index (χ2n) is 3.73. The molecule has 0 saturated carbocycles. The van der Waals surface area contributed by atoms with Crippen LogP contribution in [0.15, 0.2) is 22.6 Å². The van der Waals surface area contributed by atoms with Gasteiger partial charge in [0, 0.05) is 18.7 Å². The van der Waals surface area contributed by atoms with Crippen molar-refractivity contribution in [3.05, 3.63) is 47.2 Å². The van der Waals surface area contributed by atoms with Gasteiger partial charge in [-0.3, -0.25) is 4.79 Å². The lowest BCUT2D eigenvalue weighted by molar-refractivity contribution is 0.0994. The number of aromatic nitrogens is 1. The van der Waals surface area contributed by atoms with E-state index in [2.05, 4.69) is 10.3 Å². The van der Waals surface area contributed by atoms with E-state index >= 15 is 0 Å². The molecule has 0 aliphatic heterocycles. The summed E-state index contributed by atoms with van der Waals surface area (Å²) in [6, 6.07) is 3.09. The summed E-state index contributed by atoms with van der Waals surface area (Å²) in [6.45, 7) is 3.23. The van der Waals surface area contributed by atoms with Crippen LogP contribution in [0.1, 0.15) is 22.1 Å². The molecule has 1 heterocycles. The Kier molecular flexibility index (Phi) is 3.10. The standard InChI is InChI=1S/C12H10F2N2O2/c1-6-11(18-7(2)15-6)12(17)16-8-3-4-9(13)10(14)5-8/h3-5H,1-2H3,(H,16,17). The number of oxazole rings is 1. The van der Waals surface area contributed by atoms with Gasteiger partial charge in [-0.2, -0.15) is 0 Å². The van der Waals surface area contributed by atoms with Crippen LogP contribution in [0.5, 0.6) is 0 Å². The van der Waals surface area contributed by atoms with Crippen LogP contribution in [-0.4, -0.2) is 10.9 Å². The second kappa shape index (κ2) is 4.56. The van der Waals surface area contributed by atoms with Gasteiger partial charge in [-0.15, -0.1) is 0 Å². The first kappa shape index (κ1) is 12.2. The molecular weight excluding hydrogens is 242 g/mol. The Morgan fingerprint density at radius 2 is 2.00 bits per heavy atom. The van der Waals surface area contributed by atoms with Gasteiger partial charge in [-0.25, -0.2) is 13.8 Å². The third kappa shape index (κ3) is 2.37. The van der Waals surface area contributed by atoms with Gasteiger partial charge in [0.15, 0.2) is 17.5 Å². The van der Waals surface area contributed by atoms with Crippen LogP contribution in [0, 0.1) is 25.5 Å². The number of benzene rings is 1. The van der Waals surface area contributed by atoms with Crippen molar-refractivity contribution in [3.63, 3.8) is 0 Å². The third-order valence-electron chi connectivity index (χ3n) is 2.29. The summed E-state index contributed by atoms with van der Waals surface area (Å²) in [6.07, 6.45) is 0. The smallest absolute Gasteiger partial charge is 0.293 e. The highest BCUT2D eigenvalue weighted by Crippen LogP contribution is 2.16. The van der Waals surface area contributed by atoms with Crippen LogP contribution in [0.3, 0.4) is 0 Å². The second-order valence-corrected chi connectivity index (χ2v) is 3.73. The van der Waals surface area contributed by atoms with E-state index in [4.69, 9.17) is 4.42 Å². The molecule has 2 rings (SSSR count). The van der Waals surface area contributed by atoms with E-state index in [1.54, 1.807) is 13.8 Å². The van der Waals surface area contributed by atoms with Crippen LogP contribution in [0.25, 0.3) is 0 Å². The number of carbonyl (C=O) groups is 1. The van der Waals surface area contributed by atoms with Gasteiger partial charge < -0.3 is 9.73 Å². The van der Waals surface area contributed by atoms with Crippen LogP contribution >= 0.6 is 0 Å². The van der Waals surface area contributed by atoms with Gasteiger partial charge >= 0.3 is 0 Å². The largest absolute Gasteiger partial charge is 0.436 e. The van der Waals surface area contributed by atoms with Crippen molar-refractivity contribution in [1.82, 2.24) is 4.98 Å². The molecule has 0 aliphatic carbocycles. The third-order valence-corrected chi connectivity index (χ3v) is 2.29. The Bertz CT molecular complexity index is 608. The maximum absolute atomic E-state index is 13.0. The molecule has 0 radical (unpaired) electrons. The molecule has 1 aromatic heterocycles. The fraction of sp³-hybridized carbons (Fsp3) is 0.167. The molecular formula is C12H10F2N2O2. The first-order valence-electron chi connectivity index (χ1n) is 5.18. The fourth-order valence-electron chi connectivity index (χ4n) is 1.50. The molecule has 0 aliphatic rings. The fourth-order valence-corrected chi connectivity index (χ4v) is 1.50. The van der Waals surface area contributed by atoms with Crippen molar-refractivity contribution in [2.45, 2.75) is 13.8 Å². The molecule has 0 saturated heterocycles. The molecule has 0 spiro atoms. The summed E-state index contributed by atoms with van der Waals surface area (Å²) in [4.78, 5) is 15.7. The van der Waals surface area contributed by atoms with E-state index in [0.29, 0.717) is 11.6 Å². The van der Waals surface area contributed by atoms with Gasteiger partial charge in [-0.05, 0) is 19.1 Å². The van der Waals surface area contributed by atoms with E-state index in [1.807, 2.05) is 0 Å². The Balaban J connectivity index is 2.21. The van der Waals surface area contributed by atoms with Crippen molar-refractivity contribution in [2.24, 2.45) is 0 Å². The quantitative estimate of drug-likeness (QED) is 0.894. The molecule has 1 N–H and O–H groups in total. The molecule has 2 aromatic rings. The first-order valence-corrected chi connectivity index (χ1v) is 5.18. The Morgan fingerprint density at radius 1 is 1.28 bits per heavy atom. The predicted molar refractivity (Wildman–Crippen MR) is 60.3 cm³/mol. The number of rotatable bonds is 2. The summed E-state index contributed by atoms with van der Waals surface area (Å²) < 4.78 is 30.8. The minimum absolute atomic E-state index is 0.0530. The number of halogens is 2. The van der Waals surface area contributed by atoms with Crippen molar-refractivity contribution in [3.8, 4) is 0 Å². The Morgan fingerprint density at radius 3 is 2.56 bits per heavy atom. The van der Waals surface area contributed by atoms with Gasteiger partial charge in [0.2, 0.25) is 5.76 Å². The molecule has 4 nitrogen and oxygen atoms in total. The number of amides is 1. The summed E-state index contributed by atoms with van der Waals surface area (Å²) in [5.41, 5.74) is 0.583. The summed E-state index contributed by atoms with van der Waals surface area (Å²) in [5, 5.41) is 2.40. The summed E-state index contributed by atoms with van der Waals surface area (Å²) in [7, 11) is 0. The van der Waals surface area contributed by atoms with Crippen LogP contribution in [0.4, 0.5) is 14.5 Å². The summed E-state index contributed by atoms with van der Waals surface area (Å²) in [5.74, 6) is -2.14. The molecule has 0 fully saturated rings. The number of hydrogen-bond donors (Lipinski definition) is 1. The zero-order valence-electron chi connectivity index (χ0n) is 9.75. The lowest BCUT2D eigenvalue weighted by atomic mass is 10.3. The van der Waals surface area contributed by atoms with Crippen molar-refractivity contribution in [2.75, 3.05) is 5.32 Å². The van der Waals surface area contributed by atoms with E-state index < -0.39 is 17.5 Å². The van der Waals surface area contributed by atoms with Crippen LogP contribution < -0.4 is 5.32 Å². The van der Waals surface area contributed by atoms with Gasteiger partial charge in [-0.1, -0.05) is 0 Å². The highest BCUT2D eigenvalue weighted by Gasteiger charge is 2.16. The average molecular weight is 252 g/mol. The van der Waals surface area contributed by atoms with E-state index in [-0.39, 0.29) is 11.4 Å². The van der Waals surface area contributed by atoms with Crippen molar-refractivity contribution in [1.29, 1.82) is 0 Å². The lowest BCUT2D eigenvalue weighted by Crippen LogP contribution is -2.12. The highest BCUT2D eigenvalue weighted by molar-refractivity contribution is 6.02. The predicted octanol–water partition coefficient (Wildman–Crippen LogP) is 2.82. The number of nitrogens with zero attached hydrogens (tertiary/aromatic N) is 1. The minimum atomic E-state index is -1.03. The lowest BCUT2D eigenvalue weighted by Gasteiger charge is -2.03. The molecule has 6 heteroatoms. The maximum atomic E-state index is 13.0. The Hall–Kier alpha value is -2.24. The SMILES string of the molecule is Cc1nc(C)c(C(=O)Nc2ccc(F)c(F)c2)o1. The number of nitrogens with one attached hydrogen (secondary N) is 1. The van der Waals surface area contributed by atoms with Gasteiger partial charge in [0.25, 0.3) is 5.91 Å². The molecule has 0 bridgehead atoms. The zero-order valence-corrected chi connectivity index (χ0v) is 9.75. The van der Waals surface area contributed by atoms with Crippen molar-refractivity contribution < 1.29 is 18.0 Å². The molecule has 18 heavy (non-hydrogen) atoms. The minimum Gasteiger partial charge on any atom is -0.436 e. The Labute approximate surface area is 102 Å². The average Bonchev–Trinajstić information content (AvgIpc) is 2.63. The van der Waals surface area contributed by atoms with Gasteiger partial charge in [0.05, 0.1) is 5.69 Å². The molecule has 0 unspecified atom stereocenters. The zero-order chi connectivity index (χ0) is 13.3. The van der Waals surface area contributed by atoms with Crippen LogP contribution in [0.2, 0.25) is 0 Å². The molecule has 1 aromatic carbocycles. The molecule has 94 valence electrons. The number of carbonyl (C=O) groups excluding carboxylic acids is 1. The van der Waals surface area contributed by atoms with E-state index in [1.165, 1.54) is 6.07 Å².